The van der Waals surface area contributed by atoms with E-state index in [-0.39, 0.29) is 18.9 Å². The van der Waals surface area contributed by atoms with Gasteiger partial charge in [-0.2, -0.15) is 0 Å². The molecule has 0 amide bonds. The average molecular weight is 309 g/mol. The highest BCUT2D eigenvalue weighted by Gasteiger charge is 2.05. The van der Waals surface area contributed by atoms with Gasteiger partial charge in [-0.1, -0.05) is 11.6 Å². The van der Waals surface area contributed by atoms with Crippen molar-refractivity contribution in [3.63, 3.8) is 0 Å². The van der Waals surface area contributed by atoms with Crippen molar-refractivity contribution in [1.29, 1.82) is 0 Å². The lowest BCUT2D eigenvalue weighted by Gasteiger charge is -2.08. The Balaban J connectivity index is 1.97. The van der Waals surface area contributed by atoms with Crippen molar-refractivity contribution in [1.82, 2.24) is 4.98 Å². The minimum atomic E-state index is -0.903. The van der Waals surface area contributed by atoms with Gasteiger partial charge in [0.25, 0.3) is 0 Å². The number of aromatic nitrogens is 1. The molecular weight excluding hydrogens is 296 g/mol. The Hall–Kier alpha value is -2.47. The highest BCUT2D eigenvalue weighted by atomic mass is 35.5. The molecule has 110 valence electrons. The summed E-state index contributed by atoms with van der Waals surface area (Å²) >= 11 is 5.76. The van der Waals surface area contributed by atoms with E-state index in [4.69, 9.17) is 31.9 Å². The fourth-order valence-electron chi connectivity index (χ4n) is 1.50. The first-order valence-corrected chi connectivity index (χ1v) is 6.46. The summed E-state index contributed by atoms with van der Waals surface area (Å²) in [6.45, 7) is 0.112. The highest BCUT2D eigenvalue weighted by Crippen LogP contribution is 2.28. The molecule has 7 heteroatoms. The predicted molar refractivity (Wildman–Crippen MR) is 77.9 cm³/mol. The lowest BCUT2D eigenvalue weighted by atomic mass is 10.3. The number of nitrogens with zero attached hydrogens (tertiary/aromatic N) is 1. The number of hydrogen-bond donors (Lipinski definition) is 2. The molecule has 1 aromatic heterocycles. The van der Waals surface area contributed by atoms with E-state index in [0.29, 0.717) is 22.2 Å². The summed E-state index contributed by atoms with van der Waals surface area (Å²) in [4.78, 5) is 14.4. The lowest BCUT2D eigenvalue weighted by molar-refractivity contribution is -0.137. The van der Waals surface area contributed by atoms with Crippen LogP contribution < -0.4 is 15.2 Å². The summed E-state index contributed by atoms with van der Waals surface area (Å²) in [5.41, 5.74) is 6.08. The van der Waals surface area contributed by atoms with Gasteiger partial charge >= 0.3 is 5.97 Å². The van der Waals surface area contributed by atoms with Gasteiger partial charge in [0.05, 0.1) is 23.7 Å². The molecule has 1 aromatic carbocycles. The molecule has 0 saturated carbocycles. The molecule has 2 rings (SSSR count). The van der Waals surface area contributed by atoms with Gasteiger partial charge < -0.3 is 20.3 Å². The summed E-state index contributed by atoms with van der Waals surface area (Å²) in [6, 6.07) is 8.23. The number of carboxylic acids is 1. The Bertz CT molecular complexity index is 631. The van der Waals surface area contributed by atoms with E-state index in [9.17, 15) is 4.79 Å². The van der Waals surface area contributed by atoms with Gasteiger partial charge in [-0.3, -0.25) is 4.79 Å². The Morgan fingerprint density at radius 3 is 2.57 bits per heavy atom. The van der Waals surface area contributed by atoms with Crippen LogP contribution in [-0.2, 0) is 4.79 Å². The van der Waals surface area contributed by atoms with Crippen molar-refractivity contribution in [2.24, 2.45) is 0 Å². The fourth-order valence-corrected chi connectivity index (χ4v) is 1.67. The third-order valence-corrected chi connectivity index (χ3v) is 2.68. The minimum Gasteiger partial charge on any atom is -0.493 e. The number of anilines is 1. The molecule has 6 nitrogen and oxygen atoms in total. The molecule has 0 radical (unpaired) electrons. The number of nitrogens with two attached hydrogens (primary N) is 1. The average Bonchev–Trinajstić information content (AvgIpc) is 2.43. The van der Waals surface area contributed by atoms with Crippen LogP contribution in [0.1, 0.15) is 6.42 Å². The number of rotatable bonds is 6. The summed E-state index contributed by atoms with van der Waals surface area (Å²) in [6.07, 6.45) is 1.39. The van der Waals surface area contributed by atoms with Gasteiger partial charge in [-0.15, -0.1) is 0 Å². The zero-order valence-electron chi connectivity index (χ0n) is 11.0. The first-order chi connectivity index (χ1) is 10.0. The first-order valence-electron chi connectivity index (χ1n) is 6.08. The summed E-state index contributed by atoms with van der Waals surface area (Å²) in [5.74, 6) is 0.445. The third-order valence-electron chi connectivity index (χ3n) is 2.47. The number of carboxylic acid groups (broad SMARTS) is 1. The number of pyridine rings is 1. The monoisotopic (exact) mass is 308 g/mol. The van der Waals surface area contributed by atoms with Crippen LogP contribution in [0.25, 0.3) is 0 Å². The van der Waals surface area contributed by atoms with Crippen molar-refractivity contribution in [3.8, 4) is 17.4 Å². The van der Waals surface area contributed by atoms with Crippen molar-refractivity contribution in [2.75, 3.05) is 12.3 Å². The van der Waals surface area contributed by atoms with Gasteiger partial charge in [-0.25, -0.2) is 4.98 Å². The summed E-state index contributed by atoms with van der Waals surface area (Å²) < 4.78 is 10.8. The van der Waals surface area contributed by atoms with Crippen molar-refractivity contribution in [3.05, 3.63) is 41.6 Å². The van der Waals surface area contributed by atoms with Crippen LogP contribution in [-0.4, -0.2) is 22.7 Å². The van der Waals surface area contributed by atoms with E-state index in [1.54, 1.807) is 30.3 Å². The minimum absolute atomic E-state index is 0.0521. The molecule has 0 aliphatic heterocycles. The van der Waals surface area contributed by atoms with Crippen molar-refractivity contribution >= 4 is 23.3 Å². The second kappa shape index (κ2) is 6.81. The zero-order chi connectivity index (χ0) is 15.2. The Labute approximate surface area is 126 Å². The second-order valence-corrected chi connectivity index (χ2v) is 4.55. The van der Waals surface area contributed by atoms with Gasteiger partial charge in [0.1, 0.15) is 11.5 Å². The lowest BCUT2D eigenvalue weighted by Crippen LogP contribution is -2.04. The Morgan fingerprint density at radius 1 is 1.29 bits per heavy atom. The van der Waals surface area contributed by atoms with Crippen LogP contribution in [0.15, 0.2) is 36.5 Å². The third kappa shape index (κ3) is 4.54. The van der Waals surface area contributed by atoms with Gasteiger partial charge in [0.15, 0.2) is 0 Å². The maximum absolute atomic E-state index is 10.4. The molecule has 3 N–H and O–H groups in total. The number of nitrogen functional groups attached to an aromatic ring is 1. The largest absolute Gasteiger partial charge is 0.493 e. The van der Waals surface area contributed by atoms with E-state index in [1.807, 2.05) is 0 Å². The van der Waals surface area contributed by atoms with Gasteiger partial charge in [-0.05, 0) is 30.3 Å². The van der Waals surface area contributed by atoms with Crippen LogP contribution in [0.3, 0.4) is 0 Å². The number of carbonyl (C=O) groups is 1. The first kappa shape index (κ1) is 14.9. The molecule has 2 aromatic rings. The highest BCUT2D eigenvalue weighted by molar-refractivity contribution is 6.30. The molecule has 0 aliphatic rings. The zero-order valence-corrected chi connectivity index (χ0v) is 11.7. The molecule has 21 heavy (non-hydrogen) atoms. The van der Waals surface area contributed by atoms with E-state index in [1.165, 1.54) is 6.20 Å². The molecule has 0 unspecified atom stereocenters. The topological polar surface area (TPSA) is 94.7 Å². The molecular formula is C14H13ClN2O4. The predicted octanol–water partition coefficient (Wildman–Crippen LogP) is 2.96. The number of benzene rings is 1. The summed E-state index contributed by atoms with van der Waals surface area (Å²) in [5, 5.41) is 8.95. The van der Waals surface area contributed by atoms with E-state index in [0.717, 1.165) is 0 Å². The quantitative estimate of drug-likeness (QED) is 0.852. The van der Waals surface area contributed by atoms with E-state index in [2.05, 4.69) is 4.98 Å². The van der Waals surface area contributed by atoms with E-state index >= 15 is 0 Å². The fraction of sp³-hybridized carbons (Fsp3) is 0.143. The van der Waals surface area contributed by atoms with Crippen LogP contribution in [0, 0.1) is 0 Å². The van der Waals surface area contributed by atoms with E-state index < -0.39 is 5.97 Å². The number of aliphatic carboxylic acids is 1. The Kier molecular flexibility index (Phi) is 4.84. The SMILES string of the molecule is Nc1cc(Cl)cnc1Oc1ccc(OCCC(=O)O)cc1. The maximum atomic E-state index is 10.4. The number of hydrogen-bond acceptors (Lipinski definition) is 5. The Morgan fingerprint density at radius 2 is 1.95 bits per heavy atom. The summed E-state index contributed by atoms with van der Waals surface area (Å²) in [7, 11) is 0. The standard InChI is InChI=1S/C14H13ClN2O4/c15-9-7-12(16)14(17-8-9)21-11-3-1-10(2-4-11)20-6-5-13(18)19/h1-4,7-8H,5-6,16H2,(H,18,19). The van der Waals surface area contributed by atoms with Crippen LogP contribution in [0.2, 0.25) is 5.02 Å². The normalized spacial score (nSPS) is 10.1. The molecule has 0 spiro atoms. The maximum Gasteiger partial charge on any atom is 0.306 e. The molecule has 0 aliphatic carbocycles. The molecule has 1 heterocycles. The molecule has 0 bridgehead atoms. The van der Waals surface area contributed by atoms with Gasteiger partial charge in [0, 0.05) is 6.20 Å². The molecule has 0 atom stereocenters. The smallest absolute Gasteiger partial charge is 0.306 e. The van der Waals surface area contributed by atoms with Crippen molar-refractivity contribution in [2.45, 2.75) is 6.42 Å². The molecule has 0 fully saturated rings. The van der Waals surface area contributed by atoms with Gasteiger partial charge in [0.2, 0.25) is 5.88 Å². The second-order valence-electron chi connectivity index (χ2n) is 4.11. The molecule has 0 saturated heterocycles. The van der Waals surface area contributed by atoms with Crippen molar-refractivity contribution < 1.29 is 19.4 Å². The number of halogens is 1. The van der Waals surface area contributed by atoms with Crippen LogP contribution in [0.5, 0.6) is 17.4 Å². The van der Waals surface area contributed by atoms with Crippen LogP contribution >= 0.6 is 11.6 Å². The number of ether oxygens (including phenoxy) is 2. The van der Waals surface area contributed by atoms with Crippen LogP contribution in [0.4, 0.5) is 5.69 Å².